The van der Waals surface area contributed by atoms with Crippen molar-refractivity contribution >= 4 is 39.3 Å². The molecular weight excluding hydrogens is 410 g/mol. The number of nitrogens with one attached hydrogen (secondary N) is 1. The highest BCUT2D eigenvalue weighted by atomic mass is 79.9. The first-order valence-corrected chi connectivity index (χ1v) is 8.86. The predicted octanol–water partition coefficient (Wildman–Crippen LogP) is 4.73. The molecule has 0 spiro atoms. The van der Waals surface area contributed by atoms with Crippen molar-refractivity contribution in [2.45, 2.75) is 0 Å². The Bertz CT molecular complexity index is 946. The number of para-hydroxylation sites is 1. The molecule has 1 aromatic heterocycles. The summed E-state index contributed by atoms with van der Waals surface area (Å²) in [6.07, 6.45) is 0.876. The van der Waals surface area contributed by atoms with Crippen LogP contribution in [0.3, 0.4) is 0 Å². The monoisotopic (exact) mass is 425 g/mol. The Morgan fingerprint density at radius 2 is 1.81 bits per heavy atom. The Balaban J connectivity index is 1.62. The van der Waals surface area contributed by atoms with Crippen molar-refractivity contribution in [3.8, 4) is 5.88 Å². The molecule has 1 heterocycles. The minimum absolute atomic E-state index is 0.142. The lowest BCUT2D eigenvalue weighted by Crippen LogP contribution is -2.29. The average Bonchev–Trinajstić information content (AvgIpc) is 2.69. The van der Waals surface area contributed by atoms with Crippen LogP contribution < -0.4 is 15.0 Å². The van der Waals surface area contributed by atoms with Crippen LogP contribution in [0.1, 0.15) is 10.4 Å². The molecule has 7 heteroatoms. The summed E-state index contributed by atoms with van der Waals surface area (Å²) in [5, 5.41) is 2.74. The van der Waals surface area contributed by atoms with Gasteiger partial charge in [-0.25, -0.2) is 9.78 Å². The number of halogens is 1. The van der Waals surface area contributed by atoms with Gasteiger partial charge < -0.3 is 10.1 Å². The van der Waals surface area contributed by atoms with Gasteiger partial charge in [0.05, 0.1) is 11.9 Å². The smallest absolute Gasteiger partial charge is 0.391 e. The van der Waals surface area contributed by atoms with Crippen molar-refractivity contribution < 1.29 is 14.3 Å². The second kappa shape index (κ2) is 8.46. The lowest BCUT2D eigenvalue weighted by molar-refractivity contribution is 0.102. The van der Waals surface area contributed by atoms with Crippen molar-refractivity contribution in [1.82, 2.24) is 4.98 Å². The highest BCUT2D eigenvalue weighted by Gasteiger charge is 2.14. The molecule has 3 rings (SSSR count). The summed E-state index contributed by atoms with van der Waals surface area (Å²) in [4.78, 5) is 29.9. The van der Waals surface area contributed by atoms with Gasteiger partial charge in [-0.15, -0.1) is 0 Å². The molecule has 6 nitrogen and oxygen atoms in total. The molecule has 136 valence electrons. The van der Waals surface area contributed by atoms with Crippen molar-refractivity contribution in [3.63, 3.8) is 0 Å². The van der Waals surface area contributed by atoms with Crippen LogP contribution in [-0.2, 0) is 0 Å². The molecule has 1 N–H and O–H groups in total. The molecule has 0 atom stereocenters. The zero-order chi connectivity index (χ0) is 19.2. The van der Waals surface area contributed by atoms with E-state index in [1.165, 1.54) is 17.2 Å². The predicted molar refractivity (Wildman–Crippen MR) is 107 cm³/mol. The summed E-state index contributed by atoms with van der Waals surface area (Å²) in [6.45, 7) is 0. The zero-order valence-electron chi connectivity index (χ0n) is 14.4. The number of benzene rings is 2. The van der Waals surface area contributed by atoms with Crippen LogP contribution in [-0.4, -0.2) is 24.0 Å². The molecule has 0 aliphatic carbocycles. The molecule has 2 aromatic carbocycles. The highest BCUT2D eigenvalue weighted by molar-refractivity contribution is 9.10. The van der Waals surface area contributed by atoms with E-state index < -0.39 is 6.09 Å². The number of pyridine rings is 1. The molecule has 2 amide bonds. The summed E-state index contributed by atoms with van der Waals surface area (Å²) in [5.74, 6) is -0.116. The summed E-state index contributed by atoms with van der Waals surface area (Å²) >= 11 is 3.33. The number of amides is 2. The van der Waals surface area contributed by atoms with Gasteiger partial charge in [0.2, 0.25) is 5.88 Å². The van der Waals surface area contributed by atoms with Crippen LogP contribution in [0.2, 0.25) is 0 Å². The van der Waals surface area contributed by atoms with E-state index in [0.29, 0.717) is 16.9 Å². The Labute approximate surface area is 164 Å². The standard InChI is InChI=1S/C20H16BrN3O3/c1-24(17-8-3-2-4-9-17)20(26)27-18-11-10-16(13-22-18)23-19(25)14-6-5-7-15(21)12-14/h2-13H,1H3,(H,23,25). The number of rotatable bonds is 4. The number of ether oxygens (including phenoxy) is 1. The van der Waals surface area contributed by atoms with E-state index in [9.17, 15) is 9.59 Å². The van der Waals surface area contributed by atoms with Crippen molar-refractivity contribution in [2.24, 2.45) is 0 Å². The maximum Gasteiger partial charge on any atom is 0.420 e. The van der Waals surface area contributed by atoms with E-state index in [1.807, 2.05) is 24.3 Å². The molecule has 0 fully saturated rings. The molecule has 3 aromatic rings. The van der Waals surface area contributed by atoms with Gasteiger partial charge in [0.1, 0.15) is 0 Å². The van der Waals surface area contributed by atoms with Gasteiger partial charge in [0, 0.05) is 28.8 Å². The Kier molecular flexibility index (Phi) is 5.83. The maximum absolute atomic E-state index is 12.2. The van der Waals surface area contributed by atoms with Crippen molar-refractivity contribution in [1.29, 1.82) is 0 Å². The third-order valence-electron chi connectivity index (χ3n) is 3.69. The SMILES string of the molecule is CN(C(=O)Oc1ccc(NC(=O)c2cccc(Br)c2)cn1)c1ccccc1. The second-order valence-electron chi connectivity index (χ2n) is 5.61. The molecular formula is C20H16BrN3O3. The second-order valence-corrected chi connectivity index (χ2v) is 6.53. The fourth-order valence-electron chi connectivity index (χ4n) is 2.26. The zero-order valence-corrected chi connectivity index (χ0v) is 16.0. The highest BCUT2D eigenvalue weighted by Crippen LogP contribution is 2.17. The van der Waals surface area contributed by atoms with Crippen molar-refractivity contribution in [3.05, 3.63) is 83.0 Å². The van der Waals surface area contributed by atoms with Gasteiger partial charge in [-0.05, 0) is 36.4 Å². The van der Waals surface area contributed by atoms with Crippen LogP contribution in [0.15, 0.2) is 77.4 Å². The topological polar surface area (TPSA) is 71.5 Å². The number of carbonyl (C=O) groups is 2. The van der Waals surface area contributed by atoms with Gasteiger partial charge in [-0.1, -0.05) is 40.2 Å². The van der Waals surface area contributed by atoms with Gasteiger partial charge in [-0.3, -0.25) is 9.69 Å². The Hall–Kier alpha value is -3.19. The largest absolute Gasteiger partial charge is 0.420 e. The molecule has 0 aliphatic rings. The number of anilines is 2. The van der Waals surface area contributed by atoms with Gasteiger partial charge in [-0.2, -0.15) is 0 Å². The van der Waals surface area contributed by atoms with E-state index in [2.05, 4.69) is 26.2 Å². The number of hydrogen-bond donors (Lipinski definition) is 1. The van der Waals surface area contributed by atoms with Gasteiger partial charge in [0.15, 0.2) is 0 Å². The van der Waals surface area contributed by atoms with E-state index >= 15 is 0 Å². The van der Waals surface area contributed by atoms with Crippen molar-refractivity contribution in [2.75, 3.05) is 17.3 Å². The first-order chi connectivity index (χ1) is 13.0. The van der Waals surface area contributed by atoms with Crippen LogP contribution in [0.5, 0.6) is 5.88 Å². The quantitative estimate of drug-likeness (QED) is 0.655. The van der Waals surface area contributed by atoms with Crippen LogP contribution in [0, 0.1) is 0 Å². The number of nitrogens with zero attached hydrogens (tertiary/aromatic N) is 2. The average molecular weight is 426 g/mol. The normalized spacial score (nSPS) is 10.1. The molecule has 27 heavy (non-hydrogen) atoms. The fraction of sp³-hybridized carbons (Fsp3) is 0.0500. The van der Waals surface area contributed by atoms with E-state index in [-0.39, 0.29) is 11.8 Å². The summed E-state index contributed by atoms with van der Waals surface area (Å²) < 4.78 is 6.07. The van der Waals surface area contributed by atoms with Crippen LogP contribution in [0.25, 0.3) is 0 Å². The Morgan fingerprint density at radius 3 is 2.48 bits per heavy atom. The lowest BCUT2D eigenvalue weighted by Gasteiger charge is -2.16. The van der Waals surface area contributed by atoms with Gasteiger partial charge in [0.25, 0.3) is 5.91 Å². The molecule has 0 aliphatic heterocycles. The maximum atomic E-state index is 12.2. The van der Waals surface area contributed by atoms with E-state index in [0.717, 1.165) is 4.47 Å². The molecule has 0 bridgehead atoms. The van der Waals surface area contributed by atoms with Crippen LogP contribution in [0.4, 0.5) is 16.2 Å². The molecule has 0 radical (unpaired) electrons. The molecule has 0 unspecified atom stereocenters. The minimum Gasteiger partial charge on any atom is -0.391 e. The lowest BCUT2D eigenvalue weighted by atomic mass is 10.2. The number of aromatic nitrogens is 1. The first kappa shape index (κ1) is 18.6. The van der Waals surface area contributed by atoms with E-state index in [1.54, 1.807) is 43.4 Å². The first-order valence-electron chi connectivity index (χ1n) is 8.06. The minimum atomic E-state index is -0.556. The number of hydrogen-bond acceptors (Lipinski definition) is 4. The fourth-order valence-corrected chi connectivity index (χ4v) is 2.66. The summed E-state index contributed by atoms with van der Waals surface area (Å²) in [7, 11) is 1.62. The van der Waals surface area contributed by atoms with Crippen LogP contribution >= 0.6 is 15.9 Å². The van der Waals surface area contributed by atoms with Gasteiger partial charge >= 0.3 is 6.09 Å². The molecule has 0 saturated carbocycles. The third kappa shape index (κ3) is 4.92. The number of carbonyl (C=O) groups excluding carboxylic acids is 2. The summed E-state index contributed by atoms with van der Waals surface area (Å²) in [5.41, 5.74) is 1.72. The van der Waals surface area contributed by atoms with E-state index in [4.69, 9.17) is 4.74 Å². The molecule has 0 saturated heterocycles. The third-order valence-corrected chi connectivity index (χ3v) is 4.18. The Morgan fingerprint density at radius 1 is 1.04 bits per heavy atom. The summed E-state index contributed by atoms with van der Waals surface area (Å²) in [6, 6.07) is 19.3.